The first-order chi connectivity index (χ1) is 9.94. The molecule has 0 amide bonds. The summed E-state index contributed by atoms with van der Waals surface area (Å²) in [5, 5.41) is 9.06. The number of H-pyrrole nitrogens is 1. The minimum Gasteiger partial charge on any atom is -0.496 e. The van der Waals surface area contributed by atoms with Gasteiger partial charge in [-0.3, -0.25) is 0 Å². The number of hydrogen-bond donors (Lipinski definition) is 3. The zero-order valence-corrected chi connectivity index (χ0v) is 11.8. The van der Waals surface area contributed by atoms with Crippen molar-refractivity contribution in [1.82, 2.24) is 14.7 Å². The Hall–Kier alpha value is -2.39. The summed E-state index contributed by atoms with van der Waals surface area (Å²) in [4.78, 5) is 17.6. The van der Waals surface area contributed by atoms with Crippen LogP contribution in [-0.4, -0.2) is 36.6 Å². The number of sulfonamides is 1. The van der Waals surface area contributed by atoms with E-state index in [9.17, 15) is 13.2 Å². The smallest absolute Gasteiger partial charge is 0.339 e. The SMILES string of the molecule is COc1ccc(S(=O)(=O)NCc2ncc[nH]2)cc1C(=O)O. The fourth-order valence-electron chi connectivity index (χ4n) is 1.66. The van der Waals surface area contributed by atoms with E-state index in [-0.39, 0.29) is 22.8 Å². The number of nitrogens with zero attached hydrogens (tertiary/aromatic N) is 1. The minimum absolute atomic E-state index is 0.0240. The van der Waals surface area contributed by atoms with E-state index in [4.69, 9.17) is 9.84 Å². The van der Waals surface area contributed by atoms with Gasteiger partial charge in [-0.2, -0.15) is 0 Å². The van der Waals surface area contributed by atoms with Crippen LogP contribution in [0.4, 0.5) is 0 Å². The Bertz CT molecular complexity index is 740. The van der Waals surface area contributed by atoms with Crippen LogP contribution in [0.3, 0.4) is 0 Å². The highest BCUT2D eigenvalue weighted by Gasteiger charge is 2.19. The van der Waals surface area contributed by atoms with E-state index in [0.29, 0.717) is 5.82 Å². The van der Waals surface area contributed by atoms with Crippen LogP contribution in [0.15, 0.2) is 35.5 Å². The van der Waals surface area contributed by atoms with Gasteiger partial charge in [-0.25, -0.2) is 22.9 Å². The molecule has 1 aromatic carbocycles. The van der Waals surface area contributed by atoms with E-state index in [1.54, 1.807) is 6.20 Å². The van der Waals surface area contributed by atoms with E-state index in [1.165, 1.54) is 25.4 Å². The lowest BCUT2D eigenvalue weighted by Gasteiger charge is -2.09. The normalized spacial score (nSPS) is 11.3. The largest absolute Gasteiger partial charge is 0.496 e. The van der Waals surface area contributed by atoms with Crippen molar-refractivity contribution in [3.05, 3.63) is 42.0 Å². The molecule has 1 aromatic heterocycles. The molecule has 0 aliphatic heterocycles. The van der Waals surface area contributed by atoms with Gasteiger partial charge in [0.2, 0.25) is 10.0 Å². The molecule has 0 spiro atoms. The number of methoxy groups -OCH3 is 1. The molecule has 0 atom stereocenters. The Balaban J connectivity index is 2.27. The fourth-order valence-corrected chi connectivity index (χ4v) is 2.68. The van der Waals surface area contributed by atoms with Gasteiger partial charge in [0.25, 0.3) is 0 Å². The number of carboxylic acid groups (broad SMARTS) is 1. The highest BCUT2D eigenvalue weighted by atomic mass is 32.2. The molecule has 0 saturated heterocycles. The maximum absolute atomic E-state index is 12.1. The van der Waals surface area contributed by atoms with Crippen LogP contribution in [0.1, 0.15) is 16.2 Å². The van der Waals surface area contributed by atoms with Gasteiger partial charge in [-0.15, -0.1) is 0 Å². The summed E-state index contributed by atoms with van der Waals surface area (Å²) in [6.45, 7) is -0.0240. The molecule has 2 rings (SSSR count). The van der Waals surface area contributed by atoms with Gasteiger partial charge >= 0.3 is 5.97 Å². The molecule has 0 aliphatic carbocycles. The first-order valence-electron chi connectivity index (χ1n) is 5.83. The standard InChI is InChI=1S/C12H13N3O5S/c1-20-10-3-2-8(6-9(10)12(16)17)21(18,19)15-7-11-13-4-5-14-11/h2-6,15H,7H2,1H3,(H,13,14)(H,16,17). The van der Waals surface area contributed by atoms with E-state index in [1.807, 2.05) is 0 Å². The molecule has 9 heteroatoms. The quantitative estimate of drug-likeness (QED) is 0.718. The molecule has 1 heterocycles. The zero-order valence-electron chi connectivity index (χ0n) is 11.0. The molecule has 0 unspecified atom stereocenters. The predicted molar refractivity (Wildman–Crippen MR) is 72.6 cm³/mol. The van der Waals surface area contributed by atoms with Crippen molar-refractivity contribution in [2.45, 2.75) is 11.4 Å². The average molecular weight is 311 g/mol. The van der Waals surface area contributed by atoms with E-state index < -0.39 is 16.0 Å². The number of rotatable bonds is 6. The van der Waals surface area contributed by atoms with Crippen LogP contribution in [-0.2, 0) is 16.6 Å². The van der Waals surface area contributed by atoms with Crippen LogP contribution in [0.2, 0.25) is 0 Å². The highest BCUT2D eigenvalue weighted by Crippen LogP contribution is 2.22. The maximum atomic E-state index is 12.1. The molecule has 2 aromatic rings. The van der Waals surface area contributed by atoms with Crippen molar-refractivity contribution in [3.8, 4) is 5.75 Å². The van der Waals surface area contributed by atoms with Crippen LogP contribution in [0, 0.1) is 0 Å². The number of benzene rings is 1. The molecule has 0 radical (unpaired) electrons. The second kappa shape index (κ2) is 5.94. The number of aromatic carboxylic acids is 1. The summed E-state index contributed by atoms with van der Waals surface area (Å²) in [6.07, 6.45) is 3.07. The van der Waals surface area contributed by atoms with Gasteiger partial charge in [0.15, 0.2) is 0 Å². The van der Waals surface area contributed by atoms with Gasteiger partial charge in [0.1, 0.15) is 17.1 Å². The predicted octanol–water partition coefficient (Wildman–Crippen LogP) is 0.595. The van der Waals surface area contributed by atoms with Crippen LogP contribution in [0.25, 0.3) is 0 Å². The first kappa shape index (κ1) is 15.0. The molecule has 0 aliphatic rings. The molecule has 3 N–H and O–H groups in total. The monoisotopic (exact) mass is 311 g/mol. The van der Waals surface area contributed by atoms with Gasteiger partial charge in [-0.05, 0) is 18.2 Å². The van der Waals surface area contributed by atoms with Crippen molar-refractivity contribution in [2.24, 2.45) is 0 Å². The lowest BCUT2D eigenvalue weighted by Crippen LogP contribution is -2.24. The first-order valence-corrected chi connectivity index (χ1v) is 7.31. The third kappa shape index (κ3) is 3.38. The highest BCUT2D eigenvalue weighted by molar-refractivity contribution is 7.89. The number of aromatic amines is 1. The van der Waals surface area contributed by atoms with Gasteiger partial charge in [0, 0.05) is 12.4 Å². The van der Waals surface area contributed by atoms with Crippen molar-refractivity contribution in [1.29, 1.82) is 0 Å². The summed E-state index contributed by atoms with van der Waals surface area (Å²) < 4.78 is 31.4. The second-order valence-electron chi connectivity index (χ2n) is 4.03. The van der Waals surface area contributed by atoms with Crippen molar-refractivity contribution >= 4 is 16.0 Å². The fraction of sp³-hybridized carbons (Fsp3) is 0.167. The third-order valence-electron chi connectivity index (χ3n) is 2.70. The lowest BCUT2D eigenvalue weighted by atomic mass is 10.2. The second-order valence-corrected chi connectivity index (χ2v) is 5.79. The Kier molecular flexibility index (Phi) is 4.24. The zero-order chi connectivity index (χ0) is 15.5. The number of hydrogen-bond acceptors (Lipinski definition) is 5. The van der Waals surface area contributed by atoms with E-state index >= 15 is 0 Å². The number of nitrogens with one attached hydrogen (secondary N) is 2. The van der Waals surface area contributed by atoms with Gasteiger partial charge in [0.05, 0.1) is 18.6 Å². The van der Waals surface area contributed by atoms with Gasteiger partial charge in [-0.1, -0.05) is 0 Å². The number of ether oxygens (including phenoxy) is 1. The van der Waals surface area contributed by atoms with E-state index in [0.717, 1.165) is 6.07 Å². The summed E-state index contributed by atoms with van der Waals surface area (Å²) in [6, 6.07) is 3.62. The Morgan fingerprint density at radius 3 is 2.81 bits per heavy atom. The van der Waals surface area contributed by atoms with Crippen molar-refractivity contribution < 1.29 is 23.1 Å². The topological polar surface area (TPSA) is 121 Å². The van der Waals surface area contributed by atoms with Crippen molar-refractivity contribution in [3.63, 3.8) is 0 Å². The molecule has 0 saturated carbocycles. The molecule has 21 heavy (non-hydrogen) atoms. The molecule has 112 valence electrons. The Morgan fingerprint density at radius 2 is 2.24 bits per heavy atom. The molecule has 0 fully saturated rings. The Labute approximate surface area is 120 Å². The molecular weight excluding hydrogens is 298 g/mol. The van der Waals surface area contributed by atoms with Crippen LogP contribution >= 0.6 is 0 Å². The minimum atomic E-state index is -3.85. The van der Waals surface area contributed by atoms with Crippen LogP contribution < -0.4 is 9.46 Å². The number of carboxylic acids is 1. The van der Waals surface area contributed by atoms with Crippen molar-refractivity contribution in [2.75, 3.05) is 7.11 Å². The third-order valence-corrected chi connectivity index (χ3v) is 4.10. The van der Waals surface area contributed by atoms with Gasteiger partial charge < -0.3 is 14.8 Å². The lowest BCUT2D eigenvalue weighted by molar-refractivity contribution is 0.0693. The molecule has 8 nitrogen and oxygen atoms in total. The van der Waals surface area contributed by atoms with E-state index in [2.05, 4.69) is 14.7 Å². The summed E-state index contributed by atoms with van der Waals surface area (Å²) in [7, 11) is -2.54. The molecule has 0 bridgehead atoms. The average Bonchev–Trinajstić information content (AvgIpc) is 2.97. The molecular formula is C12H13N3O5S. The number of imidazole rings is 1. The Morgan fingerprint density at radius 1 is 1.48 bits per heavy atom. The summed E-state index contributed by atoms with van der Waals surface area (Å²) >= 11 is 0. The van der Waals surface area contributed by atoms with Crippen LogP contribution in [0.5, 0.6) is 5.75 Å². The summed E-state index contributed by atoms with van der Waals surface area (Å²) in [5.41, 5.74) is -0.224. The maximum Gasteiger partial charge on any atom is 0.339 e. The number of aromatic nitrogens is 2. The number of carbonyl (C=O) groups is 1. The summed E-state index contributed by atoms with van der Waals surface area (Å²) in [5.74, 6) is -0.729.